The molecule has 0 saturated carbocycles. The number of thiocarbonyl (C=S) groups is 1. The van der Waals surface area contributed by atoms with Crippen LogP contribution in [0.25, 0.3) is 22.8 Å². The lowest BCUT2D eigenvalue weighted by Gasteiger charge is -2.27. The second kappa shape index (κ2) is 6.17. The number of aromatic nitrogens is 3. The van der Waals surface area contributed by atoms with Crippen molar-refractivity contribution in [3.05, 3.63) is 53.8 Å². The molecule has 3 heterocycles. The van der Waals surface area contributed by atoms with Crippen molar-refractivity contribution in [3.63, 3.8) is 0 Å². The second-order valence-electron chi connectivity index (χ2n) is 6.30. The molecule has 7 nitrogen and oxygen atoms in total. The van der Waals surface area contributed by atoms with E-state index in [-0.39, 0.29) is 17.2 Å². The number of aryl methyl sites for hydroxylation is 2. The van der Waals surface area contributed by atoms with Gasteiger partial charge in [-0.1, -0.05) is 18.2 Å². The van der Waals surface area contributed by atoms with Crippen molar-refractivity contribution in [2.24, 2.45) is 7.05 Å². The van der Waals surface area contributed by atoms with Crippen molar-refractivity contribution in [2.45, 2.75) is 6.92 Å². The summed E-state index contributed by atoms with van der Waals surface area (Å²) in [6, 6.07) is 7.88. The average molecular weight is 379 g/mol. The van der Waals surface area contributed by atoms with Gasteiger partial charge in [0.2, 0.25) is 0 Å². The van der Waals surface area contributed by atoms with Gasteiger partial charge in [0.05, 0.1) is 16.7 Å². The summed E-state index contributed by atoms with van der Waals surface area (Å²) in [5.74, 6) is -0.955. The summed E-state index contributed by atoms with van der Waals surface area (Å²) in [5, 5.41) is 7.25. The van der Waals surface area contributed by atoms with Crippen LogP contribution in [0.3, 0.4) is 0 Å². The minimum atomic E-state index is -0.511. The van der Waals surface area contributed by atoms with Crippen molar-refractivity contribution >= 4 is 51.9 Å². The van der Waals surface area contributed by atoms with Gasteiger partial charge in [-0.15, -0.1) is 6.58 Å². The highest BCUT2D eigenvalue weighted by atomic mass is 32.1. The minimum absolute atomic E-state index is 0.0220. The van der Waals surface area contributed by atoms with Crippen LogP contribution < -0.4 is 5.32 Å². The van der Waals surface area contributed by atoms with Gasteiger partial charge in [-0.05, 0) is 37.4 Å². The number of rotatable bonds is 3. The molecule has 2 aromatic heterocycles. The molecule has 4 rings (SSSR count). The number of carbonyl (C=O) groups excluding carboxylic acids is 2. The van der Waals surface area contributed by atoms with Gasteiger partial charge >= 0.3 is 0 Å². The van der Waals surface area contributed by atoms with Crippen LogP contribution in [-0.2, 0) is 16.6 Å². The predicted octanol–water partition coefficient (Wildman–Crippen LogP) is 1.95. The zero-order valence-electron chi connectivity index (χ0n) is 14.9. The molecular weight excluding hydrogens is 362 g/mol. The van der Waals surface area contributed by atoms with Gasteiger partial charge in [-0.3, -0.25) is 19.8 Å². The van der Waals surface area contributed by atoms with Crippen LogP contribution in [0.1, 0.15) is 11.3 Å². The topological polar surface area (TPSA) is 71.6 Å². The fraction of sp³-hybridized carbons (Fsp3) is 0.158. The number of imidazole rings is 1. The van der Waals surface area contributed by atoms with Gasteiger partial charge in [-0.25, -0.2) is 4.52 Å². The molecule has 8 heteroatoms. The lowest BCUT2D eigenvalue weighted by molar-refractivity contribution is -0.128. The maximum Gasteiger partial charge on any atom is 0.265 e. The van der Waals surface area contributed by atoms with Gasteiger partial charge in [0.1, 0.15) is 11.2 Å². The molecule has 0 bridgehead atoms. The molecule has 1 fully saturated rings. The Morgan fingerprint density at radius 3 is 2.67 bits per heavy atom. The lowest BCUT2D eigenvalue weighted by atomic mass is 10.1. The molecule has 0 radical (unpaired) electrons. The Labute approximate surface area is 160 Å². The first-order chi connectivity index (χ1) is 12.9. The van der Waals surface area contributed by atoms with Crippen molar-refractivity contribution in [1.82, 2.24) is 24.4 Å². The van der Waals surface area contributed by atoms with E-state index < -0.39 is 11.8 Å². The average Bonchev–Trinajstić information content (AvgIpc) is 3.10. The van der Waals surface area contributed by atoms with E-state index in [1.165, 1.54) is 4.90 Å². The third-order valence-corrected chi connectivity index (χ3v) is 4.98. The largest absolute Gasteiger partial charge is 0.327 e. The summed E-state index contributed by atoms with van der Waals surface area (Å²) in [6.07, 6.45) is 3.15. The van der Waals surface area contributed by atoms with Crippen LogP contribution in [0.5, 0.6) is 0 Å². The quantitative estimate of drug-likeness (QED) is 0.327. The van der Waals surface area contributed by atoms with E-state index in [1.54, 1.807) is 12.2 Å². The van der Waals surface area contributed by atoms with Crippen LogP contribution in [-0.4, -0.2) is 42.6 Å². The van der Waals surface area contributed by atoms with E-state index in [0.717, 1.165) is 27.9 Å². The number of carbonyl (C=O) groups is 2. The number of benzene rings is 1. The first kappa shape index (κ1) is 17.2. The van der Waals surface area contributed by atoms with E-state index in [2.05, 4.69) is 17.0 Å². The number of nitrogens with one attached hydrogen (secondary N) is 1. The Kier molecular flexibility index (Phi) is 3.92. The third-order valence-electron chi connectivity index (χ3n) is 4.66. The maximum atomic E-state index is 12.8. The van der Waals surface area contributed by atoms with E-state index in [1.807, 2.05) is 47.3 Å². The van der Waals surface area contributed by atoms with Crippen LogP contribution in [0.2, 0.25) is 0 Å². The predicted molar refractivity (Wildman–Crippen MR) is 107 cm³/mol. The number of hydrogen-bond donors (Lipinski definition) is 1. The van der Waals surface area contributed by atoms with Crippen LogP contribution in [0.15, 0.2) is 42.5 Å². The minimum Gasteiger partial charge on any atom is -0.327 e. The standard InChI is InChI=1S/C19H17N5O2S/c1-4-9-23-18(26)13(16(25)20-19(23)27)10-12-11(2)21-24-15-8-6-5-7-14(15)22(3)17(12)24/h4-8,10H,1,9H2,2-3H3,(H,20,25,27)/b13-10-. The molecule has 3 aromatic rings. The number of amides is 2. The molecule has 136 valence electrons. The molecule has 0 aliphatic carbocycles. The number of nitrogens with zero attached hydrogens (tertiary/aromatic N) is 4. The van der Waals surface area contributed by atoms with Gasteiger partial charge in [0, 0.05) is 19.2 Å². The molecule has 0 spiro atoms. The molecule has 1 N–H and O–H groups in total. The highest BCUT2D eigenvalue weighted by Crippen LogP contribution is 2.26. The smallest absolute Gasteiger partial charge is 0.265 e. The summed E-state index contributed by atoms with van der Waals surface area (Å²) in [4.78, 5) is 26.5. The van der Waals surface area contributed by atoms with Crippen molar-refractivity contribution in [1.29, 1.82) is 0 Å². The molecular formula is C19H17N5O2S. The second-order valence-corrected chi connectivity index (χ2v) is 6.69. The molecule has 0 unspecified atom stereocenters. The zero-order chi connectivity index (χ0) is 19.3. The summed E-state index contributed by atoms with van der Waals surface area (Å²) < 4.78 is 3.83. The molecule has 1 aliphatic heterocycles. The molecule has 1 aromatic carbocycles. The maximum absolute atomic E-state index is 12.8. The van der Waals surface area contributed by atoms with Crippen LogP contribution >= 0.6 is 12.2 Å². The summed E-state index contributed by atoms with van der Waals surface area (Å²) in [5.41, 5.74) is 4.24. The normalized spacial score (nSPS) is 16.6. The Morgan fingerprint density at radius 2 is 1.96 bits per heavy atom. The Hall–Kier alpha value is -3.26. The van der Waals surface area contributed by atoms with Gasteiger partial charge in [0.15, 0.2) is 5.11 Å². The van der Waals surface area contributed by atoms with Crippen LogP contribution in [0, 0.1) is 6.92 Å². The number of fused-ring (bicyclic) bond motifs is 3. The fourth-order valence-electron chi connectivity index (χ4n) is 3.36. The Bertz CT molecular complexity index is 1180. The van der Waals surface area contributed by atoms with Gasteiger partial charge < -0.3 is 4.57 Å². The van der Waals surface area contributed by atoms with E-state index in [4.69, 9.17) is 12.2 Å². The van der Waals surface area contributed by atoms with Crippen molar-refractivity contribution in [3.8, 4) is 0 Å². The fourth-order valence-corrected chi connectivity index (χ4v) is 3.61. The van der Waals surface area contributed by atoms with E-state index in [0.29, 0.717) is 0 Å². The Balaban J connectivity index is 1.93. The monoisotopic (exact) mass is 379 g/mol. The van der Waals surface area contributed by atoms with Crippen LogP contribution in [0.4, 0.5) is 0 Å². The molecule has 27 heavy (non-hydrogen) atoms. The zero-order valence-corrected chi connectivity index (χ0v) is 15.7. The summed E-state index contributed by atoms with van der Waals surface area (Å²) in [7, 11) is 1.93. The summed E-state index contributed by atoms with van der Waals surface area (Å²) in [6.45, 7) is 5.71. The number of hydrogen-bond acceptors (Lipinski definition) is 4. The van der Waals surface area contributed by atoms with E-state index >= 15 is 0 Å². The van der Waals surface area contributed by atoms with Gasteiger partial charge in [0.25, 0.3) is 11.8 Å². The highest BCUT2D eigenvalue weighted by Gasteiger charge is 2.33. The Morgan fingerprint density at radius 1 is 1.26 bits per heavy atom. The van der Waals surface area contributed by atoms with E-state index in [9.17, 15) is 9.59 Å². The summed E-state index contributed by atoms with van der Waals surface area (Å²) >= 11 is 5.09. The number of para-hydroxylation sites is 2. The highest BCUT2D eigenvalue weighted by molar-refractivity contribution is 7.80. The first-order valence-corrected chi connectivity index (χ1v) is 8.77. The molecule has 1 aliphatic rings. The SMILES string of the molecule is C=CCN1C(=O)/C(=C\c2c(C)nn3c4ccccc4n(C)c23)C(=O)NC1=S. The lowest BCUT2D eigenvalue weighted by Crippen LogP contribution is -2.53. The first-order valence-electron chi connectivity index (χ1n) is 8.36. The molecule has 1 saturated heterocycles. The van der Waals surface area contributed by atoms with Gasteiger partial charge in [-0.2, -0.15) is 5.10 Å². The van der Waals surface area contributed by atoms with Crippen molar-refractivity contribution in [2.75, 3.05) is 6.54 Å². The third kappa shape index (κ3) is 2.48. The molecule has 2 amide bonds. The molecule has 0 atom stereocenters. The van der Waals surface area contributed by atoms with Crippen molar-refractivity contribution < 1.29 is 9.59 Å².